The zero-order valence-corrected chi connectivity index (χ0v) is 12.9. The van der Waals surface area contributed by atoms with Gasteiger partial charge in [-0.25, -0.2) is 4.39 Å². The summed E-state index contributed by atoms with van der Waals surface area (Å²) in [6.07, 6.45) is 1.86. The molecule has 3 rings (SSSR count). The lowest BCUT2D eigenvalue weighted by atomic mass is 10.1. The summed E-state index contributed by atoms with van der Waals surface area (Å²) in [4.78, 5) is 2.17. The molecule has 0 aliphatic carbocycles. The summed E-state index contributed by atoms with van der Waals surface area (Å²) in [6.45, 7) is 1.67. The monoisotopic (exact) mass is 320 g/mol. The lowest BCUT2D eigenvalue weighted by Gasteiger charge is -2.33. The first kappa shape index (κ1) is 15.0. The summed E-state index contributed by atoms with van der Waals surface area (Å²) in [5.74, 6) is 0.463. The van der Waals surface area contributed by atoms with Gasteiger partial charge in [-0.15, -0.1) is 0 Å². The van der Waals surface area contributed by atoms with Crippen molar-refractivity contribution < 1.29 is 9.13 Å². The van der Waals surface area contributed by atoms with E-state index >= 15 is 0 Å². The van der Waals surface area contributed by atoms with Crippen LogP contribution in [0.3, 0.4) is 0 Å². The molecule has 1 fully saturated rings. The van der Waals surface area contributed by atoms with Crippen molar-refractivity contribution in [1.29, 1.82) is 0 Å². The first-order chi connectivity index (χ1) is 10.6. The molecule has 0 bridgehead atoms. The number of ether oxygens (including phenoxy) is 1. The molecule has 1 saturated heterocycles. The molecule has 2 aromatic rings. The number of halogens is 2. The Labute approximate surface area is 134 Å². The summed E-state index contributed by atoms with van der Waals surface area (Å²) < 4.78 is 19.2. The maximum Gasteiger partial charge on any atom is 0.138 e. The molecule has 2 aromatic carbocycles. The molecule has 1 aliphatic heterocycles. The minimum Gasteiger partial charge on any atom is -0.489 e. The van der Waals surface area contributed by atoms with Gasteiger partial charge in [-0.3, -0.25) is 0 Å². The molecular formula is C17H18ClFN2O. The number of hydrogen-bond acceptors (Lipinski definition) is 3. The number of piperidine rings is 1. The Hall–Kier alpha value is -1.94. The summed E-state index contributed by atoms with van der Waals surface area (Å²) >= 11 is 6.13. The zero-order chi connectivity index (χ0) is 15.5. The lowest BCUT2D eigenvalue weighted by Crippen LogP contribution is -2.38. The van der Waals surface area contributed by atoms with E-state index in [0.717, 1.165) is 31.6 Å². The van der Waals surface area contributed by atoms with Crippen LogP contribution in [0.5, 0.6) is 5.75 Å². The smallest absolute Gasteiger partial charge is 0.138 e. The molecule has 2 N–H and O–H groups in total. The number of hydrogen-bond donors (Lipinski definition) is 1. The predicted octanol–water partition coefficient (Wildman–Crippen LogP) is 4.11. The van der Waals surface area contributed by atoms with Crippen molar-refractivity contribution >= 4 is 23.0 Å². The van der Waals surface area contributed by atoms with Gasteiger partial charge in [0.1, 0.15) is 17.7 Å². The van der Waals surface area contributed by atoms with Crippen molar-refractivity contribution in [2.24, 2.45) is 0 Å². The maximum atomic E-state index is 13.3. The number of rotatable bonds is 3. The van der Waals surface area contributed by atoms with Gasteiger partial charge >= 0.3 is 0 Å². The Balaban J connectivity index is 1.60. The van der Waals surface area contributed by atoms with Crippen LogP contribution in [0.4, 0.5) is 15.8 Å². The second-order valence-electron chi connectivity index (χ2n) is 5.47. The Morgan fingerprint density at radius 1 is 1.14 bits per heavy atom. The molecule has 3 nitrogen and oxygen atoms in total. The molecule has 0 spiro atoms. The molecule has 1 aliphatic rings. The molecule has 0 unspecified atom stereocenters. The average molecular weight is 321 g/mol. The summed E-state index contributed by atoms with van der Waals surface area (Å²) in [6, 6.07) is 12.0. The van der Waals surface area contributed by atoms with Crippen LogP contribution in [0.2, 0.25) is 5.02 Å². The van der Waals surface area contributed by atoms with E-state index in [9.17, 15) is 4.39 Å². The molecule has 22 heavy (non-hydrogen) atoms. The lowest BCUT2D eigenvalue weighted by molar-refractivity contribution is 0.171. The van der Waals surface area contributed by atoms with Gasteiger partial charge < -0.3 is 15.4 Å². The second-order valence-corrected chi connectivity index (χ2v) is 5.88. The van der Waals surface area contributed by atoms with Gasteiger partial charge in [-0.1, -0.05) is 17.7 Å². The fraction of sp³-hybridized carbons (Fsp3) is 0.294. The van der Waals surface area contributed by atoms with Gasteiger partial charge in [0.05, 0.1) is 5.02 Å². The quantitative estimate of drug-likeness (QED) is 0.865. The first-order valence-corrected chi connectivity index (χ1v) is 7.72. The van der Waals surface area contributed by atoms with E-state index in [1.807, 2.05) is 6.07 Å². The van der Waals surface area contributed by atoms with Crippen LogP contribution in [-0.4, -0.2) is 19.2 Å². The van der Waals surface area contributed by atoms with Crippen LogP contribution >= 0.6 is 11.6 Å². The normalized spacial score (nSPS) is 15.8. The molecule has 5 heteroatoms. The van der Waals surface area contributed by atoms with E-state index in [1.54, 1.807) is 30.3 Å². The molecule has 0 saturated carbocycles. The molecule has 1 heterocycles. The summed E-state index contributed by atoms with van der Waals surface area (Å²) in [7, 11) is 0. The van der Waals surface area contributed by atoms with Gasteiger partial charge in [0, 0.05) is 37.3 Å². The topological polar surface area (TPSA) is 38.5 Å². The second kappa shape index (κ2) is 6.44. The predicted molar refractivity (Wildman–Crippen MR) is 88.1 cm³/mol. The fourth-order valence-electron chi connectivity index (χ4n) is 2.70. The van der Waals surface area contributed by atoms with E-state index < -0.39 is 0 Å². The highest BCUT2D eigenvalue weighted by Gasteiger charge is 2.21. The maximum absolute atomic E-state index is 13.3. The van der Waals surface area contributed by atoms with E-state index in [1.165, 1.54) is 6.07 Å². The first-order valence-electron chi connectivity index (χ1n) is 7.34. The zero-order valence-electron chi connectivity index (χ0n) is 12.1. The third-order valence-electron chi connectivity index (χ3n) is 3.86. The van der Waals surface area contributed by atoms with Crippen molar-refractivity contribution in [1.82, 2.24) is 0 Å². The SMILES string of the molecule is Nc1ccc(OC2CCN(c3cccc(F)c3)CC2)c(Cl)c1. The molecule has 0 amide bonds. The standard InChI is InChI=1S/C17H18ClFN2O/c18-16-11-13(20)4-5-17(16)22-15-6-8-21(9-7-15)14-3-1-2-12(19)10-14/h1-5,10-11,15H,6-9,20H2. The van der Waals surface area contributed by atoms with Crippen LogP contribution in [-0.2, 0) is 0 Å². The van der Waals surface area contributed by atoms with Crippen LogP contribution in [0.1, 0.15) is 12.8 Å². The average Bonchev–Trinajstić information content (AvgIpc) is 2.51. The number of anilines is 2. The van der Waals surface area contributed by atoms with Crippen molar-refractivity contribution in [3.05, 3.63) is 53.3 Å². The highest BCUT2D eigenvalue weighted by Crippen LogP contribution is 2.30. The van der Waals surface area contributed by atoms with E-state index in [2.05, 4.69) is 4.90 Å². The van der Waals surface area contributed by atoms with Crippen molar-refractivity contribution in [2.75, 3.05) is 23.7 Å². The summed E-state index contributed by atoms with van der Waals surface area (Å²) in [5.41, 5.74) is 7.22. The Morgan fingerprint density at radius 3 is 2.59 bits per heavy atom. The number of nitrogen functional groups attached to an aromatic ring is 1. The Morgan fingerprint density at radius 2 is 1.91 bits per heavy atom. The van der Waals surface area contributed by atoms with Crippen molar-refractivity contribution in [3.63, 3.8) is 0 Å². The number of nitrogens with zero attached hydrogens (tertiary/aromatic N) is 1. The third kappa shape index (κ3) is 3.45. The fourth-order valence-corrected chi connectivity index (χ4v) is 2.93. The molecule has 0 atom stereocenters. The summed E-state index contributed by atoms with van der Waals surface area (Å²) in [5, 5.41) is 0.535. The minimum atomic E-state index is -0.204. The van der Waals surface area contributed by atoms with Gasteiger partial charge in [0.15, 0.2) is 0 Å². The van der Waals surface area contributed by atoms with Crippen LogP contribution in [0.25, 0.3) is 0 Å². The van der Waals surface area contributed by atoms with Gasteiger partial charge in [0.25, 0.3) is 0 Å². The van der Waals surface area contributed by atoms with Gasteiger partial charge in [-0.05, 0) is 36.4 Å². The number of benzene rings is 2. The Bertz CT molecular complexity index is 657. The number of nitrogens with two attached hydrogens (primary N) is 1. The van der Waals surface area contributed by atoms with Gasteiger partial charge in [0.2, 0.25) is 0 Å². The molecule has 0 aromatic heterocycles. The highest BCUT2D eigenvalue weighted by atomic mass is 35.5. The molecule has 0 radical (unpaired) electrons. The van der Waals surface area contributed by atoms with Crippen LogP contribution < -0.4 is 15.4 Å². The van der Waals surface area contributed by atoms with Crippen molar-refractivity contribution in [3.8, 4) is 5.75 Å². The Kier molecular flexibility index (Phi) is 4.39. The van der Waals surface area contributed by atoms with Gasteiger partial charge in [-0.2, -0.15) is 0 Å². The highest BCUT2D eigenvalue weighted by molar-refractivity contribution is 6.32. The van der Waals surface area contributed by atoms with Crippen LogP contribution in [0, 0.1) is 5.82 Å². The molecular weight excluding hydrogens is 303 g/mol. The van der Waals surface area contributed by atoms with E-state index in [-0.39, 0.29) is 11.9 Å². The van der Waals surface area contributed by atoms with Crippen LogP contribution in [0.15, 0.2) is 42.5 Å². The van der Waals surface area contributed by atoms with E-state index in [0.29, 0.717) is 16.5 Å². The van der Waals surface area contributed by atoms with E-state index in [4.69, 9.17) is 22.1 Å². The van der Waals surface area contributed by atoms with Crippen molar-refractivity contribution in [2.45, 2.75) is 18.9 Å². The molecule has 116 valence electrons. The minimum absolute atomic E-state index is 0.117. The largest absolute Gasteiger partial charge is 0.489 e. The third-order valence-corrected chi connectivity index (χ3v) is 4.16.